The van der Waals surface area contributed by atoms with Crippen LogP contribution in [0.4, 0.5) is 5.69 Å². The average Bonchev–Trinajstić information content (AvgIpc) is 2.90. The maximum absolute atomic E-state index is 11.7. The Bertz CT molecular complexity index is 406. The van der Waals surface area contributed by atoms with Crippen LogP contribution in [-0.2, 0) is 4.79 Å². The fourth-order valence-corrected chi connectivity index (χ4v) is 3.03. The van der Waals surface area contributed by atoms with Gasteiger partial charge in [0.05, 0.1) is 17.5 Å². The Morgan fingerprint density at radius 3 is 3.06 bits per heavy atom. The van der Waals surface area contributed by atoms with Crippen LogP contribution in [0, 0.1) is 0 Å². The molecule has 1 heterocycles. The number of thioether (sulfide) groups is 1. The molecule has 1 aliphatic rings. The van der Waals surface area contributed by atoms with Gasteiger partial charge in [-0.3, -0.25) is 4.79 Å². The molecule has 18 heavy (non-hydrogen) atoms. The number of rotatable bonds is 5. The lowest BCUT2D eigenvalue weighted by Gasteiger charge is -2.11. The summed E-state index contributed by atoms with van der Waals surface area (Å²) in [5.41, 5.74) is 6.37. The summed E-state index contributed by atoms with van der Waals surface area (Å²) in [4.78, 5) is 11.7. The topological polar surface area (TPSA) is 64.3 Å². The second kappa shape index (κ2) is 6.54. The predicted octanol–water partition coefficient (Wildman–Crippen LogP) is 1.66. The third-order valence-electron chi connectivity index (χ3n) is 2.80. The van der Waals surface area contributed by atoms with E-state index in [0.29, 0.717) is 24.6 Å². The molecule has 0 saturated carbocycles. The summed E-state index contributed by atoms with van der Waals surface area (Å²) in [5.74, 6) is 1.89. The second-order valence-electron chi connectivity index (χ2n) is 4.18. The van der Waals surface area contributed by atoms with E-state index in [1.165, 1.54) is 0 Å². The molecule has 0 spiro atoms. The summed E-state index contributed by atoms with van der Waals surface area (Å²) in [5, 5.41) is 3.02. The van der Waals surface area contributed by atoms with Crippen LogP contribution in [0.25, 0.3) is 0 Å². The second-order valence-corrected chi connectivity index (χ2v) is 5.49. The molecule has 1 unspecified atom stereocenters. The first-order chi connectivity index (χ1) is 8.77. The van der Waals surface area contributed by atoms with Gasteiger partial charge in [0.25, 0.3) is 0 Å². The fraction of sp³-hybridized carbons (Fsp3) is 0.462. The number of nitrogens with one attached hydrogen (secondary N) is 1. The summed E-state index contributed by atoms with van der Waals surface area (Å²) in [7, 11) is 0. The molecule has 3 N–H and O–H groups in total. The Labute approximate surface area is 111 Å². The molecule has 1 fully saturated rings. The molecule has 1 amide bonds. The minimum absolute atomic E-state index is 0.127. The number of carbonyl (C=O) groups is 1. The van der Waals surface area contributed by atoms with Crippen LogP contribution < -0.4 is 15.8 Å². The van der Waals surface area contributed by atoms with Crippen molar-refractivity contribution in [2.24, 2.45) is 0 Å². The minimum atomic E-state index is 0.127. The molecule has 0 bridgehead atoms. The molecule has 1 aromatic carbocycles. The number of benzene rings is 1. The highest BCUT2D eigenvalue weighted by atomic mass is 32.2. The van der Waals surface area contributed by atoms with Crippen molar-refractivity contribution in [3.05, 3.63) is 24.3 Å². The number of hydrogen-bond donors (Lipinski definition) is 2. The van der Waals surface area contributed by atoms with Crippen LogP contribution in [0.1, 0.15) is 12.8 Å². The Kier molecular flexibility index (Phi) is 4.75. The van der Waals surface area contributed by atoms with Gasteiger partial charge in [0.15, 0.2) is 0 Å². The van der Waals surface area contributed by atoms with Crippen molar-refractivity contribution in [3.63, 3.8) is 0 Å². The van der Waals surface area contributed by atoms with Gasteiger partial charge in [0.1, 0.15) is 12.4 Å². The molecule has 1 atom stereocenters. The van der Waals surface area contributed by atoms with Gasteiger partial charge in [-0.1, -0.05) is 12.1 Å². The number of nitrogens with two attached hydrogens (primary N) is 1. The van der Waals surface area contributed by atoms with Crippen LogP contribution in [0.3, 0.4) is 0 Å². The lowest BCUT2D eigenvalue weighted by Crippen LogP contribution is -2.34. The van der Waals surface area contributed by atoms with Crippen molar-refractivity contribution < 1.29 is 9.53 Å². The quantitative estimate of drug-likeness (QED) is 0.628. The van der Waals surface area contributed by atoms with Gasteiger partial charge >= 0.3 is 0 Å². The van der Waals surface area contributed by atoms with Crippen LogP contribution in [-0.4, -0.2) is 30.1 Å². The number of para-hydroxylation sites is 2. The first-order valence-corrected chi connectivity index (χ1v) is 7.19. The van der Waals surface area contributed by atoms with Crippen molar-refractivity contribution in [2.45, 2.75) is 18.1 Å². The maximum Gasteiger partial charge on any atom is 0.233 e. The van der Waals surface area contributed by atoms with Crippen molar-refractivity contribution in [1.29, 1.82) is 0 Å². The zero-order valence-electron chi connectivity index (χ0n) is 10.2. The number of carbonyl (C=O) groups excluding carboxylic acids is 1. The highest BCUT2D eigenvalue weighted by molar-refractivity contribution is 8.00. The first-order valence-electron chi connectivity index (χ1n) is 6.14. The third kappa shape index (κ3) is 3.57. The van der Waals surface area contributed by atoms with E-state index in [9.17, 15) is 4.79 Å². The number of ether oxygens (including phenoxy) is 1. The third-order valence-corrected chi connectivity index (χ3v) is 4.18. The predicted molar refractivity (Wildman–Crippen MR) is 74.8 cm³/mol. The van der Waals surface area contributed by atoms with Crippen molar-refractivity contribution in [3.8, 4) is 5.75 Å². The van der Waals surface area contributed by atoms with E-state index in [4.69, 9.17) is 10.5 Å². The van der Waals surface area contributed by atoms with Gasteiger partial charge in [-0.2, -0.15) is 0 Å². The Morgan fingerprint density at radius 1 is 1.50 bits per heavy atom. The number of hydrogen-bond acceptors (Lipinski definition) is 4. The first kappa shape index (κ1) is 13.1. The molecule has 5 heteroatoms. The smallest absolute Gasteiger partial charge is 0.233 e. The average molecular weight is 266 g/mol. The van der Waals surface area contributed by atoms with Crippen LogP contribution in [0.2, 0.25) is 0 Å². The molecule has 1 saturated heterocycles. The minimum Gasteiger partial charge on any atom is -0.490 e. The lowest BCUT2D eigenvalue weighted by atomic mass is 10.2. The molecular formula is C13H18N2O2S. The number of amides is 1. The largest absolute Gasteiger partial charge is 0.490 e. The van der Waals surface area contributed by atoms with Gasteiger partial charge in [-0.25, -0.2) is 0 Å². The van der Waals surface area contributed by atoms with Crippen molar-refractivity contribution in [1.82, 2.24) is 5.32 Å². The molecule has 0 aliphatic carbocycles. The van der Waals surface area contributed by atoms with E-state index in [1.54, 1.807) is 17.8 Å². The van der Waals surface area contributed by atoms with E-state index >= 15 is 0 Å². The highest BCUT2D eigenvalue weighted by Crippen LogP contribution is 2.25. The van der Waals surface area contributed by atoms with E-state index in [-0.39, 0.29) is 11.2 Å². The summed E-state index contributed by atoms with van der Waals surface area (Å²) < 4.78 is 5.50. The summed E-state index contributed by atoms with van der Waals surface area (Å²) in [6.45, 7) is 0.960. The van der Waals surface area contributed by atoms with Gasteiger partial charge < -0.3 is 15.8 Å². The summed E-state index contributed by atoms with van der Waals surface area (Å²) in [6.07, 6.45) is 2.13. The Hall–Kier alpha value is -1.36. The zero-order chi connectivity index (χ0) is 12.8. The maximum atomic E-state index is 11.7. The van der Waals surface area contributed by atoms with Crippen molar-refractivity contribution >= 4 is 23.4 Å². The SMILES string of the molecule is Nc1ccccc1OCCNC(=O)C1CCCS1. The lowest BCUT2D eigenvalue weighted by molar-refractivity contribution is -0.120. The van der Waals surface area contributed by atoms with Gasteiger partial charge in [-0.05, 0) is 30.7 Å². The Morgan fingerprint density at radius 2 is 2.33 bits per heavy atom. The number of nitrogen functional groups attached to an aromatic ring is 1. The Balaban J connectivity index is 1.67. The summed E-state index contributed by atoms with van der Waals surface area (Å²) >= 11 is 1.73. The molecule has 1 aliphatic heterocycles. The molecule has 0 radical (unpaired) electrons. The van der Waals surface area contributed by atoms with E-state index < -0.39 is 0 Å². The molecule has 98 valence electrons. The summed E-state index contributed by atoms with van der Waals surface area (Å²) in [6, 6.07) is 7.35. The van der Waals surface area contributed by atoms with Crippen LogP contribution >= 0.6 is 11.8 Å². The van der Waals surface area contributed by atoms with Gasteiger partial charge in [-0.15, -0.1) is 11.8 Å². The van der Waals surface area contributed by atoms with Crippen LogP contribution in [0.15, 0.2) is 24.3 Å². The van der Waals surface area contributed by atoms with Gasteiger partial charge in [0.2, 0.25) is 5.91 Å². The van der Waals surface area contributed by atoms with E-state index in [1.807, 2.05) is 18.2 Å². The molecule has 0 aromatic heterocycles. The zero-order valence-corrected chi connectivity index (χ0v) is 11.0. The van der Waals surface area contributed by atoms with E-state index in [0.717, 1.165) is 18.6 Å². The van der Waals surface area contributed by atoms with E-state index in [2.05, 4.69) is 5.32 Å². The van der Waals surface area contributed by atoms with Crippen molar-refractivity contribution in [2.75, 3.05) is 24.6 Å². The molecule has 1 aromatic rings. The molecule has 2 rings (SSSR count). The monoisotopic (exact) mass is 266 g/mol. The normalized spacial score (nSPS) is 18.6. The molecule has 4 nitrogen and oxygen atoms in total. The number of anilines is 1. The van der Waals surface area contributed by atoms with Gasteiger partial charge in [0, 0.05) is 0 Å². The highest BCUT2D eigenvalue weighted by Gasteiger charge is 2.22. The fourth-order valence-electron chi connectivity index (χ4n) is 1.85. The molecular weight excluding hydrogens is 248 g/mol. The standard InChI is InChI=1S/C13H18N2O2S/c14-10-4-1-2-5-11(10)17-8-7-15-13(16)12-6-3-9-18-12/h1-2,4-5,12H,3,6-9,14H2,(H,15,16). The van der Waals surface area contributed by atoms with Crippen LogP contribution in [0.5, 0.6) is 5.75 Å².